The third kappa shape index (κ3) is 6.88. The van der Waals surface area contributed by atoms with Crippen LogP contribution in [0.2, 0.25) is 0 Å². The van der Waals surface area contributed by atoms with Crippen LogP contribution in [0.25, 0.3) is 0 Å². The van der Waals surface area contributed by atoms with Crippen molar-refractivity contribution in [2.24, 2.45) is 0 Å². The molecule has 0 amide bonds. The molecule has 1 aromatic rings. The number of nitrogen functional groups attached to an aromatic ring is 1. The zero-order valence-corrected chi connectivity index (χ0v) is 8.32. The zero-order chi connectivity index (χ0) is 10.8. The van der Waals surface area contributed by atoms with Crippen LogP contribution in [0, 0.1) is 0 Å². The van der Waals surface area contributed by atoms with Crippen LogP contribution in [0.3, 0.4) is 0 Å². The predicted molar refractivity (Wildman–Crippen MR) is 62.2 cm³/mol. The maximum atomic E-state index is 5.36. The minimum absolute atomic E-state index is 0.822. The monoisotopic (exact) mass is 189 g/mol. The smallest absolute Gasteiger partial charge is 0.127 e. The first-order chi connectivity index (χ1) is 6.70. The molecule has 0 spiro atoms. The summed E-state index contributed by atoms with van der Waals surface area (Å²) in [6.07, 6.45) is 5.17. The fourth-order valence-corrected chi connectivity index (χ4v) is 0.672. The minimum Gasteiger partial charge on any atom is -0.399 e. The van der Waals surface area contributed by atoms with E-state index in [0.717, 1.165) is 11.4 Å². The molecule has 14 heavy (non-hydrogen) atoms. The zero-order valence-electron chi connectivity index (χ0n) is 8.32. The summed E-state index contributed by atoms with van der Waals surface area (Å²) in [5, 5.41) is 0. The topological polar surface area (TPSA) is 53.7 Å². The fourth-order valence-electron chi connectivity index (χ4n) is 0.672. The molecule has 2 nitrogen and oxygen atoms in total. The fraction of sp³-hybridized carbons (Fsp3) is 0. The van der Waals surface area contributed by atoms with Crippen LogP contribution in [-0.2, 0) is 0 Å². The highest BCUT2D eigenvalue weighted by molar-refractivity contribution is 5.35. The SMILES string of the molecule is C=C/C=C(/[NH3+])C=C.Nc1ccccc1. The Morgan fingerprint density at radius 3 is 2.00 bits per heavy atom. The average molecular weight is 189 g/mol. The van der Waals surface area contributed by atoms with Gasteiger partial charge in [-0.2, -0.15) is 0 Å². The second kappa shape index (κ2) is 7.83. The lowest BCUT2D eigenvalue weighted by atomic mass is 10.3. The van der Waals surface area contributed by atoms with Crippen molar-refractivity contribution in [1.82, 2.24) is 0 Å². The first kappa shape index (κ1) is 12.2. The van der Waals surface area contributed by atoms with E-state index in [9.17, 15) is 0 Å². The van der Waals surface area contributed by atoms with Gasteiger partial charge in [-0.1, -0.05) is 37.4 Å². The highest BCUT2D eigenvalue weighted by Crippen LogP contribution is 1.95. The van der Waals surface area contributed by atoms with Crippen LogP contribution in [0.5, 0.6) is 0 Å². The molecule has 74 valence electrons. The second-order valence-electron chi connectivity index (χ2n) is 2.59. The molecule has 1 rings (SSSR count). The standard InChI is InChI=1S/C6H7N.C6H9N/c7-6-4-2-1-3-5-6;1-3-5-6(7)4-2/h1-5H,7H2;3-5H,1-2,7H2/p+1/b;6-5+. The summed E-state index contributed by atoms with van der Waals surface area (Å²) < 4.78 is 0. The normalized spacial score (nSPS) is 9.64. The van der Waals surface area contributed by atoms with Crippen molar-refractivity contribution in [2.45, 2.75) is 0 Å². The summed E-state index contributed by atoms with van der Waals surface area (Å²) in [7, 11) is 0. The molecule has 0 aliphatic heterocycles. The number of quaternary nitrogens is 1. The molecule has 0 atom stereocenters. The Bertz CT molecular complexity index is 299. The lowest BCUT2D eigenvalue weighted by molar-refractivity contribution is -0.294. The number of rotatable bonds is 2. The predicted octanol–water partition coefficient (Wildman–Crippen LogP) is 1.75. The molecule has 0 saturated heterocycles. The van der Waals surface area contributed by atoms with Gasteiger partial charge in [0.1, 0.15) is 5.70 Å². The molecule has 0 radical (unpaired) electrons. The number of hydrogen-bond acceptors (Lipinski definition) is 1. The Hall–Kier alpha value is -1.80. The van der Waals surface area contributed by atoms with Gasteiger partial charge in [0, 0.05) is 5.69 Å². The van der Waals surface area contributed by atoms with Gasteiger partial charge in [-0.25, -0.2) is 0 Å². The number of allylic oxidation sites excluding steroid dienone is 3. The summed E-state index contributed by atoms with van der Waals surface area (Å²) in [5.41, 5.74) is 10.7. The Balaban J connectivity index is 0.000000241. The van der Waals surface area contributed by atoms with Gasteiger partial charge in [-0.3, -0.25) is 0 Å². The number of anilines is 1. The maximum Gasteiger partial charge on any atom is 0.127 e. The van der Waals surface area contributed by atoms with E-state index in [1.165, 1.54) is 0 Å². The first-order valence-electron chi connectivity index (χ1n) is 4.28. The molecule has 0 bridgehead atoms. The van der Waals surface area contributed by atoms with Gasteiger partial charge < -0.3 is 11.5 Å². The molecule has 0 aromatic heterocycles. The van der Waals surface area contributed by atoms with Crippen LogP contribution in [0.15, 0.2) is 67.4 Å². The van der Waals surface area contributed by atoms with Crippen molar-refractivity contribution in [1.29, 1.82) is 0 Å². The Labute approximate surface area is 85.2 Å². The summed E-state index contributed by atoms with van der Waals surface area (Å²) >= 11 is 0. The lowest BCUT2D eigenvalue weighted by Crippen LogP contribution is -2.46. The molecule has 0 saturated carbocycles. The van der Waals surface area contributed by atoms with Crippen molar-refractivity contribution < 1.29 is 5.73 Å². The van der Waals surface area contributed by atoms with Crippen molar-refractivity contribution in [3.8, 4) is 0 Å². The Morgan fingerprint density at radius 2 is 1.79 bits per heavy atom. The van der Waals surface area contributed by atoms with E-state index in [1.807, 2.05) is 30.3 Å². The molecule has 0 heterocycles. The van der Waals surface area contributed by atoms with E-state index < -0.39 is 0 Å². The van der Waals surface area contributed by atoms with Crippen LogP contribution in [0.4, 0.5) is 5.69 Å². The largest absolute Gasteiger partial charge is 0.399 e. The quantitative estimate of drug-likeness (QED) is 0.540. The molecular formula is C12H17N2+. The minimum atomic E-state index is 0.822. The van der Waals surface area contributed by atoms with E-state index in [-0.39, 0.29) is 0 Å². The average Bonchev–Trinajstić information content (AvgIpc) is 2.20. The first-order valence-corrected chi connectivity index (χ1v) is 4.28. The van der Waals surface area contributed by atoms with Crippen LogP contribution < -0.4 is 11.5 Å². The molecule has 0 aliphatic carbocycles. The molecule has 0 unspecified atom stereocenters. The molecule has 0 fully saturated rings. The Morgan fingerprint density at radius 1 is 1.21 bits per heavy atom. The molecule has 1 aromatic carbocycles. The summed E-state index contributed by atoms with van der Waals surface area (Å²) in [5.74, 6) is 0. The summed E-state index contributed by atoms with van der Waals surface area (Å²) in [4.78, 5) is 0. The molecular weight excluding hydrogens is 172 g/mol. The van der Waals surface area contributed by atoms with Gasteiger partial charge in [0.25, 0.3) is 0 Å². The number of para-hydroxylation sites is 1. The van der Waals surface area contributed by atoms with E-state index in [1.54, 1.807) is 18.2 Å². The van der Waals surface area contributed by atoms with Crippen LogP contribution in [0.1, 0.15) is 0 Å². The van der Waals surface area contributed by atoms with Crippen molar-refractivity contribution in [2.75, 3.05) is 5.73 Å². The van der Waals surface area contributed by atoms with Gasteiger partial charge in [0.2, 0.25) is 0 Å². The van der Waals surface area contributed by atoms with E-state index in [2.05, 4.69) is 18.9 Å². The van der Waals surface area contributed by atoms with Crippen LogP contribution >= 0.6 is 0 Å². The van der Waals surface area contributed by atoms with Crippen molar-refractivity contribution in [3.63, 3.8) is 0 Å². The molecule has 2 heteroatoms. The maximum absolute atomic E-state index is 5.36. The second-order valence-corrected chi connectivity index (χ2v) is 2.59. The number of benzene rings is 1. The Kier molecular flexibility index (Phi) is 6.82. The lowest BCUT2D eigenvalue weighted by Gasteiger charge is -1.83. The summed E-state index contributed by atoms with van der Waals surface area (Å²) in [6, 6.07) is 9.49. The van der Waals surface area contributed by atoms with Crippen molar-refractivity contribution >= 4 is 5.69 Å². The van der Waals surface area contributed by atoms with Gasteiger partial charge in [0.15, 0.2) is 0 Å². The highest BCUT2D eigenvalue weighted by Gasteiger charge is 1.75. The number of hydrogen-bond donors (Lipinski definition) is 2. The van der Waals surface area contributed by atoms with Gasteiger partial charge in [-0.15, -0.1) is 0 Å². The summed E-state index contributed by atoms with van der Waals surface area (Å²) in [6.45, 7) is 6.99. The molecule has 0 aliphatic rings. The van der Waals surface area contributed by atoms with Crippen molar-refractivity contribution in [3.05, 3.63) is 67.4 Å². The molecule has 5 N–H and O–H groups in total. The van der Waals surface area contributed by atoms with Gasteiger partial charge in [0.05, 0.1) is 0 Å². The van der Waals surface area contributed by atoms with E-state index >= 15 is 0 Å². The van der Waals surface area contributed by atoms with E-state index in [4.69, 9.17) is 5.73 Å². The number of nitrogens with two attached hydrogens (primary N) is 1. The third-order valence-corrected chi connectivity index (χ3v) is 1.39. The van der Waals surface area contributed by atoms with Gasteiger partial charge in [-0.05, 0) is 24.3 Å². The van der Waals surface area contributed by atoms with Gasteiger partial charge >= 0.3 is 0 Å². The third-order valence-electron chi connectivity index (χ3n) is 1.39. The van der Waals surface area contributed by atoms with E-state index in [0.29, 0.717) is 0 Å². The van der Waals surface area contributed by atoms with Crippen LogP contribution in [-0.4, -0.2) is 0 Å². The highest BCUT2D eigenvalue weighted by atomic mass is 14.5.